The van der Waals surface area contributed by atoms with E-state index in [1.54, 1.807) is 6.92 Å². The summed E-state index contributed by atoms with van der Waals surface area (Å²) in [4.78, 5) is 11.8. The van der Waals surface area contributed by atoms with Crippen LogP contribution in [-0.2, 0) is 15.0 Å². The summed E-state index contributed by atoms with van der Waals surface area (Å²) in [5.41, 5.74) is 0. The van der Waals surface area contributed by atoms with Gasteiger partial charge in [-0.05, 0) is 38.8 Å². The summed E-state index contributed by atoms with van der Waals surface area (Å²) in [5, 5.41) is 2.69. The third kappa shape index (κ3) is 2.55. The quantitative estimate of drug-likeness (QED) is 0.890. The number of hydrogen-bond donors (Lipinski definition) is 1. The Kier molecular flexibility index (Phi) is 4.00. The first kappa shape index (κ1) is 15.5. The van der Waals surface area contributed by atoms with Crippen molar-refractivity contribution in [2.45, 2.75) is 38.8 Å². The van der Waals surface area contributed by atoms with Gasteiger partial charge in [0.15, 0.2) is 0 Å². The van der Waals surface area contributed by atoms with E-state index in [2.05, 4.69) is 5.32 Å². The number of nitrogens with zero attached hydrogens (tertiary/aromatic N) is 2. The van der Waals surface area contributed by atoms with Crippen LogP contribution in [-0.4, -0.2) is 48.6 Å². The van der Waals surface area contributed by atoms with Crippen LogP contribution < -0.4 is 5.32 Å². The van der Waals surface area contributed by atoms with Gasteiger partial charge >= 0.3 is 0 Å². The summed E-state index contributed by atoms with van der Waals surface area (Å²) < 4.78 is 34.3. The summed E-state index contributed by atoms with van der Waals surface area (Å²) >= 11 is 0. The van der Waals surface area contributed by atoms with Gasteiger partial charge in [-0.2, -0.15) is 17.0 Å². The highest BCUT2D eigenvalue weighted by Crippen LogP contribution is 2.36. The molecule has 0 spiro atoms. The fourth-order valence-electron chi connectivity index (χ4n) is 3.14. The molecule has 0 radical (unpaired) electrons. The van der Waals surface area contributed by atoms with Crippen molar-refractivity contribution in [2.24, 2.45) is 0 Å². The van der Waals surface area contributed by atoms with Gasteiger partial charge in [-0.25, -0.2) is 0 Å². The minimum Gasteiger partial charge on any atom is -0.465 e. The van der Waals surface area contributed by atoms with Crippen LogP contribution in [0.3, 0.4) is 0 Å². The van der Waals surface area contributed by atoms with E-state index in [0.717, 1.165) is 18.6 Å². The van der Waals surface area contributed by atoms with Crippen molar-refractivity contribution in [1.29, 1.82) is 0 Å². The highest BCUT2D eigenvalue weighted by Gasteiger charge is 2.44. The van der Waals surface area contributed by atoms with Crippen molar-refractivity contribution in [2.75, 3.05) is 19.6 Å². The molecule has 1 aromatic rings. The zero-order chi connectivity index (χ0) is 15.9. The molecule has 2 saturated heterocycles. The average Bonchev–Trinajstić information content (AvgIpc) is 3.10. The van der Waals surface area contributed by atoms with Crippen molar-refractivity contribution < 1.29 is 17.6 Å². The third-order valence-corrected chi connectivity index (χ3v) is 6.45. The summed E-state index contributed by atoms with van der Waals surface area (Å²) in [6.07, 6.45) is 1.53. The van der Waals surface area contributed by atoms with Gasteiger partial charge in [-0.1, -0.05) is 0 Å². The van der Waals surface area contributed by atoms with Gasteiger partial charge in [-0.15, -0.1) is 0 Å². The molecule has 122 valence electrons. The van der Waals surface area contributed by atoms with E-state index in [1.165, 1.54) is 8.61 Å². The Morgan fingerprint density at radius 1 is 1.27 bits per heavy atom. The average molecular weight is 327 g/mol. The van der Waals surface area contributed by atoms with E-state index < -0.39 is 16.3 Å². The van der Waals surface area contributed by atoms with Crippen LogP contribution in [0.2, 0.25) is 0 Å². The maximum atomic E-state index is 13.0. The Balaban J connectivity index is 1.89. The number of aryl methyl sites for hydroxylation is 1. The van der Waals surface area contributed by atoms with Crippen molar-refractivity contribution in [3.8, 4) is 0 Å². The van der Waals surface area contributed by atoms with E-state index >= 15 is 0 Å². The molecule has 8 heteroatoms. The van der Waals surface area contributed by atoms with E-state index in [9.17, 15) is 13.2 Å². The normalized spacial score (nSPS) is 28.0. The van der Waals surface area contributed by atoms with E-state index in [4.69, 9.17) is 4.42 Å². The minimum atomic E-state index is -3.69. The molecule has 1 N–H and O–H groups in total. The maximum Gasteiger partial charge on any atom is 0.283 e. The molecule has 3 rings (SSSR count). The lowest BCUT2D eigenvalue weighted by molar-refractivity contribution is -0.126. The zero-order valence-corrected chi connectivity index (χ0v) is 13.6. The molecule has 0 unspecified atom stereocenters. The molecule has 1 amide bonds. The van der Waals surface area contributed by atoms with Crippen LogP contribution in [0.25, 0.3) is 0 Å². The number of hydrogen-bond acceptors (Lipinski definition) is 4. The highest BCUT2D eigenvalue weighted by molar-refractivity contribution is 7.86. The van der Waals surface area contributed by atoms with Gasteiger partial charge in [-0.3, -0.25) is 4.79 Å². The Labute approximate surface area is 130 Å². The number of furan rings is 1. The van der Waals surface area contributed by atoms with Crippen molar-refractivity contribution in [3.05, 3.63) is 23.7 Å². The molecule has 22 heavy (non-hydrogen) atoms. The fraction of sp³-hybridized carbons (Fsp3) is 0.643. The first-order valence-corrected chi connectivity index (χ1v) is 8.93. The molecular weight excluding hydrogens is 306 g/mol. The maximum absolute atomic E-state index is 13.0. The first-order valence-electron chi connectivity index (χ1n) is 7.54. The largest absolute Gasteiger partial charge is 0.465 e. The van der Waals surface area contributed by atoms with E-state index in [1.807, 2.05) is 19.1 Å². The van der Waals surface area contributed by atoms with Gasteiger partial charge in [0, 0.05) is 19.6 Å². The van der Waals surface area contributed by atoms with E-state index in [0.29, 0.717) is 25.4 Å². The molecular formula is C14H21N3O4S. The Bertz CT molecular complexity index is 669. The zero-order valence-electron chi connectivity index (χ0n) is 12.8. The first-order chi connectivity index (χ1) is 10.4. The van der Waals surface area contributed by atoms with Crippen LogP contribution in [0, 0.1) is 6.92 Å². The number of amides is 1. The minimum absolute atomic E-state index is 0.251. The number of piperazine rings is 1. The van der Waals surface area contributed by atoms with Crippen LogP contribution in [0.15, 0.2) is 16.5 Å². The van der Waals surface area contributed by atoms with Crippen molar-refractivity contribution >= 4 is 16.1 Å². The topological polar surface area (TPSA) is 82.9 Å². The molecule has 2 aliphatic heterocycles. The second kappa shape index (κ2) is 5.68. The van der Waals surface area contributed by atoms with Crippen molar-refractivity contribution in [3.63, 3.8) is 0 Å². The standard InChI is InChI=1S/C14H21N3O4S/c1-10-5-6-13(21-10)12-4-3-8-17(12)22(19,20)16-9-7-15-14(18)11(16)2/h5-6,11-12H,3-4,7-9H2,1-2H3,(H,15,18)/t11-,12+/m1/s1. The van der Waals surface area contributed by atoms with Crippen LogP contribution in [0.5, 0.6) is 0 Å². The molecule has 2 aliphatic rings. The second-order valence-electron chi connectivity index (χ2n) is 5.80. The van der Waals surface area contributed by atoms with Crippen LogP contribution >= 0.6 is 0 Å². The Morgan fingerprint density at radius 3 is 2.73 bits per heavy atom. The lowest BCUT2D eigenvalue weighted by atomic mass is 10.2. The second-order valence-corrected chi connectivity index (χ2v) is 7.64. The number of nitrogens with one attached hydrogen (secondary N) is 1. The molecule has 0 bridgehead atoms. The lowest BCUT2D eigenvalue weighted by Crippen LogP contribution is -2.58. The van der Waals surface area contributed by atoms with Gasteiger partial charge in [0.05, 0.1) is 6.04 Å². The predicted molar refractivity (Wildman–Crippen MR) is 80.2 cm³/mol. The Morgan fingerprint density at radius 2 is 2.05 bits per heavy atom. The predicted octanol–water partition coefficient (Wildman–Crippen LogP) is 0.790. The molecule has 1 aromatic heterocycles. The molecule has 3 heterocycles. The highest BCUT2D eigenvalue weighted by atomic mass is 32.2. The monoisotopic (exact) mass is 327 g/mol. The summed E-state index contributed by atoms with van der Waals surface area (Å²) in [7, 11) is -3.69. The van der Waals surface area contributed by atoms with Crippen LogP contribution in [0.1, 0.15) is 37.3 Å². The SMILES string of the molecule is Cc1ccc([C@@H]2CCCN2S(=O)(=O)N2CCNC(=O)[C@H]2C)o1. The third-order valence-electron chi connectivity index (χ3n) is 4.33. The lowest BCUT2D eigenvalue weighted by Gasteiger charge is -2.36. The molecule has 0 aromatic carbocycles. The van der Waals surface area contributed by atoms with Gasteiger partial charge in [0.25, 0.3) is 10.2 Å². The van der Waals surface area contributed by atoms with E-state index in [-0.39, 0.29) is 11.9 Å². The number of rotatable bonds is 3. The summed E-state index contributed by atoms with van der Waals surface area (Å²) in [6.45, 7) is 4.57. The number of carbonyl (C=O) groups excluding carboxylic acids is 1. The summed E-state index contributed by atoms with van der Waals surface area (Å²) in [5.74, 6) is 1.19. The van der Waals surface area contributed by atoms with Crippen molar-refractivity contribution in [1.82, 2.24) is 13.9 Å². The molecule has 0 saturated carbocycles. The molecule has 7 nitrogen and oxygen atoms in total. The van der Waals surface area contributed by atoms with Crippen LogP contribution in [0.4, 0.5) is 0 Å². The van der Waals surface area contributed by atoms with Gasteiger partial charge in [0.1, 0.15) is 17.6 Å². The smallest absolute Gasteiger partial charge is 0.283 e. The molecule has 2 atom stereocenters. The molecule has 2 fully saturated rings. The Hall–Kier alpha value is -1.38. The summed E-state index contributed by atoms with van der Waals surface area (Å²) in [6, 6.07) is 2.71. The van der Waals surface area contributed by atoms with Gasteiger partial charge < -0.3 is 9.73 Å². The fourth-order valence-corrected chi connectivity index (χ4v) is 5.12. The molecule has 0 aliphatic carbocycles. The number of carbonyl (C=O) groups is 1. The van der Waals surface area contributed by atoms with Gasteiger partial charge in [0.2, 0.25) is 5.91 Å².